The molecule has 5 heteroatoms. The van der Waals surface area contributed by atoms with Gasteiger partial charge < -0.3 is 4.74 Å². The fourth-order valence-corrected chi connectivity index (χ4v) is 1.85. The Hall–Kier alpha value is -2.42. The van der Waals surface area contributed by atoms with E-state index in [0.29, 0.717) is 16.3 Å². The molecular weight excluding hydrogens is 278 g/mol. The summed E-state index contributed by atoms with van der Waals surface area (Å²) in [7, 11) is 1.49. The molecule has 0 aliphatic rings. The molecule has 0 fully saturated rings. The maximum atomic E-state index is 12.4. The number of nitrogens with zero attached hydrogens (tertiary/aromatic N) is 1. The maximum absolute atomic E-state index is 12.4. The molecule has 100 valence electrons. The number of carbonyl (C=O) groups is 1. The zero-order valence-corrected chi connectivity index (χ0v) is 11.3. The van der Waals surface area contributed by atoms with Gasteiger partial charge in [-0.25, -0.2) is 4.79 Å². The first-order valence-corrected chi connectivity index (χ1v) is 6.09. The van der Waals surface area contributed by atoms with Crippen molar-refractivity contribution in [1.82, 2.24) is 0 Å². The van der Waals surface area contributed by atoms with Crippen LogP contribution in [0.25, 0.3) is 0 Å². The fourth-order valence-electron chi connectivity index (χ4n) is 1.73. The topological polar surface area (TPSA) is 55.7 Å². The number of hydrogen-bond acceptors (Lipinski definition) is 4. The van der Waals surface area contributed by atoms with E-state index in [1.807, 2.05) is 0 Å². The van der Waals surface area contributed by atoms with Crippen LogP contribution in [0.15, 0.2) is 47.5 Å². The summed E-state index contributed by atoms with van der Waals surface area (Å²) >= 11 is 5.79. The van der Waals surface area contributed by atoms with E-state index >= 15 is 0 Å². The Kier molecular flexibility index (Phi) is 4.31. The first kappa shape index (κ1) is 14.0. The molecular formula is C15H10ClNO3. The van der Waals surface area contributed by atoms with Crippen LogP contribution in [0.1, 0.15) is 15.9 Å². The van der Waals surface area contributed by atoms with E-state index in [1.54, 1.807) is 30.3 Å². The van der Waals surface area contributed by atoms with Crippen molar-refractivity contribution in [3.05, 3.63) is 58.6 Å². The lowest BCUT2D eigenvalue weighted by atomic mass is 10.0. The van der Waals surface area contributed by atoms with Gasteiger partial charge in [-0.2, -0.15) is 4.99 Å². The highest BCUT2D eigenvalue weighted by atomic mass is 35.5. The number of isocyanates is 1. The first-order valence-electron chi connectivity index (χ1n) is 5.72. The average molecular weight is 288 g/mol. The zero-order valence-electron chi connectivity index (χ0n) is 10.6. The predicted octanol–water partition coefficient (Wildman–Crippen LogP) is 3.55. The number of hydrogen-bond donors (Lipinski definition) is 0. The van der Waals surface area contributed by atoms with Gasteiger partial charge in [0, 0.05) is 10.6 Å². The van der Waals surface area contributed by atoms with Gasteiger partial charge in [-0.05, 0) is 42.5 Å². The Bertz CT molecular complexity index is 689. The highest BCUT2D eigenvalue weighted by Gasteiger charge is 2.15. The Balaban J connectivity index is 2.51. The molecule has 0 aromatic heterocycles. The van der Waals surface area contributed by atoms with Crippen molar-refractivity contribution in [3.8, 4) is 5.75 Å². The van der Waals surface area contributed by atoms with Crippen LogP contribution in [-0.4, -0.2) is 19.0 Å². The van der Waals surface area contributed by atoms with E-state index in [0.717, 1.165) is 0 Å². The van der Waals surface area contributed by atoms with Gasteiger partial charge in [-0.1, -0.05) is 11.6 Å². The van der Waals surface area contributed by atoms with Gasteiger partial charge >= 0.3 is 0 Å². The van der Waals surface area contributed by atoms with E-state index < -0.39 is 0 Å². The number of ketones is 1. The van der Waals surface area contributed by atoms with Gasteiger partial charge in [0.1, 0.15) is 5.75 Å². The summed E-state index contributed by atoms with van der Waals surface area (Å²) in [5.41, 5.74) is 0.973. The third kappa shape index (κ3) is 2.94. The third-order valence-corrected chi connectivity index (χ3v) is 2.97. The van der Waals surface area contributed by atoms with Crippen LogP contribution in [0, 0.1) is 0 Å². The molecule has 0 heterocycles. The van der Waals surface area contributed by atoms with E-state index in [1.165, 1.54) is 25.3 Å². The predicted molar refractivity (Wildman–Crippen MR) is 75.7 cm³/mol. The summed E-state index contributed by atoms with van der Waals surface area (Å²) in [5, 5.41) is 0.540. The Morgan fingerprint density at radius 2 is 1.90 bits per heavy atom. The summed E-state index contributed by atoms with van der Waals surface area (Å²) in [6.07, 6.45) is 1.44. The minimum atomic E-state index is -0.269. The van der Waals surface area contributed by atoms with E-state index in [-0.39, 0.29) is 17.0 Å². The molecule has 2 aromatic carbocycles. The second-order valence-electron chi connectivity index (χ2n) is 3.92. The number of aliphatic imine (C=N–C) groups is 1. The number of carbonyl (C=O) groups excluding carboxylic acids is 2. The molecule has 0 N–H and O–H groups in total. The standard InChI is InChI=1S/C15H10ClNO3/c1-20-12-6-7-14(17-9-18)13(8-12)15(19)10-2-4-11(16)5-3-10/h2-8H,1H3. The second-order valence-corrected chi connectivity index (χ2v) is 4.36. The van der Waals surface area contributed by atoms with Crippen molar-refractivity contribution in [1.29, 1.82) is 0 Å². The van der Waals surface area contributed by atoms with Gasteiger partial charge in [-0.3, -0.25) is 4.79 Å². The molecule has 20 heavy (non-hydrogen) atoms. The van der Waals surface area contributed by atoms with Crippen molar-refractivity contribution < 1.29 is 14.3 Å². The van der Waals surface area contributed by atoms with Crippen LogP contribution in [0.2, 0.25) is 5.02 Å². The molecule has 0 radical (unpaired) electrons. The van der Waals surface area contributed by atoms with Gasteiger partial charge in [0.25, 0.3) is 0 Å². The molecule has 0 saturated carbocycles. The normalized spacial score (nSPS) is 9.70. The van der Waals surface area contributed by atoms with Crippen LogP contribution in [0.4, 0.5) is 5.69 Å². The molecule has 0 unspecified atom stereocenters. The van der Waals surface area contributed by atoms with Gasteiger partial charge in [0.15, 0.2) is 5.78 Å². The summed E-state index contributed by atoms with van der Waals surface area (Å²) in [6.45, 7) is 0. The van der Waals surface area contributed by atoms with Gasteiger partial charge in [0.05, 0.1) is 18.4 Å². The lowest BCUT2D eigenvalue weighted by Gasteiger charge is -2.07. The van der Waals surface area contributed by atoms with Gasteiger partial charge in [0.2, 0.25) is 6.08 Å². The molecule has 0 amide bonds. The summed E-state index contributed by atoms with van der Waals surface area (Å²) in [4.78, 5) is 26.4. The largest absolute Gasteiger partial charge is 0.497 e. The number of halogens is 1. The molecule has 2 rings (SSSR count). The molecule has 0 aliphatic carbocycles. The molecule has 0 aliphatic heterocycles. The Morgan fingerprint density at radius 3 is 2.50 bits per heavy atom. The number of methoxy groups -OCH3 is 1. The van der Waals surface area contributed by atoms with Crippen molar-refractivity contribution in [3.63, 3.8) is 0 Å². The molecule has 0 saturated heterocycles. The Morgan fingerprint density at radius 1 is 1.20 bits per heavy atom. The van der Waals surface area contributed by atoms with Crippen LogP contribution in [-0.2, 0) is 4.79 Å². The lowest BCUT2D eigenvalue weighted by molar-refractivity contribution is 0.103. The fraction of sp³-hybridized carbons (Fsp3) is 0.0667. The minimum absolute atomic E-state index is 0.251. The first-order chi connectivity index (χ1) is 9.65. The highest BCUT2D eigenvalue weighted by molar-refractivity contribution is 6.30. The number of ether oxygens (including phenoxy) is 1. The second kappa shape index (κ2) is 6.15. The van der Waals surface area contributed by atoms with Crippen molar-refractivity contribution >= 4 is 29.2 Å². The monoisotopic (exact) mass is 287 g/mol. The average Bonchev–Trinajstić information content (AvgIpc) is 2.48. The minimum Gasteiger partial charge on any atom is -0.497 e. The third-order valence-electron chi connectivity index (χ3n) is 2.72. The SMILES string of the molecule is COc1ccc(N=C=O)c(C(=O)c2ccc(Cl)cc2)c1. The lowest BCUT2D eigenvalue weighted by Crippen LogP contribution is -2.02. The highest BCUT2D eigenvalue weighted by Crippen LogP contribution is 2.27. The summed E-state index contributed by atoms with van der Waals surface area (Å²) in [6, 6.07) is 11.2. The van der Waals surface area contributed by atoms with Crippen LogP contribution >= 0.6 is 11.6 Å². The van der Waals surface area contributed by atoms with Crippen molar-refractivity contribution in [2.45, 2.75) is 0 Å². The molecule has 0 spiro atoms. The zero-order chi connectivity index (χ0) is 14.5. The van der Waals surface area contributed by atoms with Crippen molar-refractivity contribution in [2.75, 3.05) is 7.11 Å². The molecule has 2 aromatic rings. The van der Waals surface area contributed by atoms with Crippen LogP contribution < -0.4 is 4.74 Å². The molecule has 4 nitrogen and oxygen atoms in total. The summed E-state index contributed by atoms with van der Waals surface area (Å²) in [5.74, 6) is 0.238. The molecule has 0 atom stereocenters. The van der Waals surface area contributed by atoms with Crippen molar-refractivity contribution in [2.24, 2.45) is 4.99 Å². The van der Waals surface area contributed by atoms with Crippen LogP contribution in [0.5, 0.6) is 5.75 Å². The smallest absolute Gasteiger partial charge is 0.240 e. The van der Waals surface area contributed by atoms with E-state index in [9.17, 15) is 9.59 Å². The number of rotatable bonds is 4. The number of benzene rings is 2. The van der Waals surface area contributed by atoms with E-state index in [2.05, 4.69) is 4.99 Å². The maximum Gasteiger partial charge on any atom is 0.240 e. The Labute approximate surface area is 120 Å². The quantitative estimate of drug-likeness (QED) is 0.491. The van der Waals surface area contributed by atoms with Gasteiger partial charge in [-0.15, -0.1) is 0 Å². The molecule has 0 bridgehead atoms. The summed E-state index contributed by atoms with van der Waals surface area (Å²) < 4.78 is 5.08. The van der Waals surface area contributed by atoms with Crippen LogP contribution in [0.3, 0.4) is 0 Å². The van der Waals surface area contributed by atoms with E-state index in [4.69, 9.17) is 16.3 Å².